The molecular formula is C15H14Cl2O3. The van der Waals surface area contributed by atoms with Crippen molar-refractivity contribution in [3.05, 3.63) is 52.0 Å². The molecule has 106 valence electrons. The van der Waals surface area contributed by atoms with Gasteiger partial charge in [-0.2, -0.15) is 0 Å². The molecule has 0 saturated carbocycles. The Hall–Kier alpha value is -1.42. The van der Waals surface area contributed by atoms with Crippen LogP contribution in [-0.4, -0.2) is 12.2 Å². The van der Waals surface area contributed by atoms with Crippen molar-refractivity contribution in [2.75, 3.05) is 7.11 Å². The highest BCUT2D eigenvalue weighted by atomic mass is 35.5. The van der Waals surface area contributed by atoms with Gasteiger partial charge in [-0.3, -0.25) is 0 Å². The Bertz CT molecular complexity index is 592. The second-order valence-corrected chi connectivity index (χ2v) is 5.13. The van der Waals surface area contributed by atoms with Crippen LogP contribution in [0, 0.1) is 0 Å². The van der Waals surface area contributed by atoms with Crippen molar-refractivity contribution < 1.29 is 14.6 Å². The minimum Gasteiger partial charge on any atom is -0.496 e. The second-order valence-electron chi connectivity index (χ2n) is 4.26. The van der Waals surface area contributed by atoms with Crippen LogP contribution in [0.5, 0.6) is 17.2 Å². The first-order valence-corrected chi connectivity index (χ1v) is 6.75. The standard InChI is InChI=1S/C15H14Cl2O3/c1-9(18)15-13(19-2)4-3-5-14(15)20-12-7-10(16)6-11(17)8-12/h3-9,18H,1-2H3/t9-/m0/s1. The molecule has 0 aromatic heterocycles. The lowest BCUT2D eigenvalue weighted by Crippen LogP contribution is -2.00. The molecule has 0 saturated heterocycles. The Labute approximate surface area is 127 Å². The molecule has 2 aromatic rings. The average molecular weight is 313 g/mol. The van der Waals surface area contributed by atoms with Gasteiger partial charge in [-0.05, 0) is 37.3 Å². The van der Waals surface area contributed by atoms with Crippen LogP contribution in [0.15, 0.2) is 36.4 Å². The predicted octanol–water partition coefficient (Wildman–Crippen LogP) is 4.85. The maximum absolute atomic E-state index is 9.89. The lowest BCUT2D eigenvalue weighted by Gasteiger charge is -2.16. The van der Waals surface area contributed by atoms with Crippen molar-refractivity contribution >= 4 is 23.2 Å². The molecule has 0 spiro atoms. The normalized spacial score (nSPS) is 12.1. The van der Waals surface area contributed by atoms with Gasteiger partial charge in [0.1, 0.15) is 17.2 Å². The summed E-state index contributed by atoms with van der Waals surface area (Å²) in [6.07, 6.45) is -0.726. The fraction of sp³-hybridized carbons (Fsp3) is 0.200. The number of hydrogen-bond donors (Lipinski definition) is 1. The van der Waals surface area contributed by atoms with Crippen molar-refractivity contribution in [3.8, 4) is 17.2 Å². The van der Waals surface area contributed by atoms with Gasteiger partial charge in [-0.1, -0.05) is 29.3 Å². The summed E-state index contributed by atoms with van der Waals surface area (Å²) in [6.45, 7) is 1.65. The maximum Gasteiger partial charge on any atom is 0.136 e. The lowest BCUT2D eigenvalue weighted by atomic mass is 10.1. The molecule has 2 rings (SSSR count). The fourth-order valence-electron chi connectivity index (χ4n) is 1.92. The summed E-state index contributed by atoms with van der Waals surface area (Å²) in [5, 5.41) is 10.9. The minimum absolute atomic E-state index is 0.481. The summed E-state index contributed by atoms with van der Waals surface area (Å²) in [5.74, 6) is 1.56. The van der Waals surface area contributed by atoms with Crippen molar-refractivity contribution in [2.24, 2.45) is 0 Å². The Kier molecular flexibility index (Phi) is 4.76. The highest BCUT2D eigenvalue weighted by Gasteiger charge is 2.16. The first-order chi connectivity index (χ1) is 9.51. The number of aliphatic hydroxyl groups excluding tert-OH is 1. The van der Waals surface area contributed by atoms with Crippen molar-refractivity contribution in [3.63, 3.8) is 0 Å². The lowest BCUT2D eigenvalue weighted by molar-refractivity contribution is 0.190. The molecule has 0 amide bonds. The summed E-state index contributed by atoms with van der Waals surface area (Å²) < 4.78 is 11.0. The molecule has 0 fully saturated rings. The Morgan fingerprint density at radius 3 is 2.20 bits per heavy atom. The zero-order chi connectivity index (χ0) is 14.7. The van der Waals surface area contributed by atoms with Crippen molar-refractivity contribution in [2.45, 2.75) is 13.0 Å². The molecule has 0 unspecified atom stereocenters. The quantitative estimate of drug-likeness (QED) is 0.877. The number of ether oxygens (including phenoxy) is 2. The molecule has 0 bridgehead atoms. The van der Waals surface area contributed by atoms with Gasteiger partial charge < -0.3 is 14.6 Å². The number of rotatable bonds is 4. The highest BCUT2D eigenvalue weighted by molar-refractivity contribution is 6.34. The Morgan fingerprint density at radius 1 is 1.05 bits per heavy atom. The van der Waals surface area contributed by atoms with E-state index in [2.05, 4.69) is 0 Å². The van der Waals surface area contributed by atoms with Crippen LogP contribution in [0.1, 0.15) is 18.6 Å². The third-order valence-electron chi connectivity index (χ3n) is 2.73. The summed E-state index contributed by atoms with van der Waals surface area (Å²) in [4.78, 5) is 0. The largest absolute Gasteiger partial charge is 0.496 e. The van der Waals surface area contributed by atoms with Gasteiger partial charge in [0.15, 0.2) is 0 Å². The molecule has 0 aliphatic heterocycles. The third kappa shape index (κ3) is 3.37. The van der Waals surface area contributed by atoms with Crippen LogP contribution < -0.4 is 9.47 Å². The van der Waals surface area contributed by atoms with Crippen LogP contribution >= 0.6 is 23.2 Å². The first-order valence-electron chi connectivity index (χ1n) is 6.00. The SMILES string of the molecule is COc1cccc(Oc2cc(Cl)cc(Cl)c2)c1[C@H](C)O. The van der Waals surface area contributed by atoms with E-state index in [0.29, 0.717) is 32.9 Å². The van der Waals surface area contributed by atoms with Gasteiger partial charge in [0.25, 0.3) is 0 Å². The van der Waals surface area contributed by atoms with Crippen LogP contribution in [0.4, 0.5) is 0 Å². The minimum atomic E-state index is -0.726. The van der Waals surface area contributed by atoms with E-state index in [-0.39, 0.29) is 0 Å². The van der Waals surface area contributed by atoms with Crippen LogP contribution in [0.3, 0.4) is 0 Å². The number of aliphatic hydroxyl groups is 1. The molecule has 2 aromatic carbocycles. The van der Waals surface area contributed by atoms with E-state index in [9.17, 15) is 5.11 Å². The predicted molar refractivity (Wildman–Crippen MR) is 80.2 cm³/mol. The third-order valence-corrected chi connectivity index (χ3v) is 3.16. The number of methoxy groups -OCH3 is 1. The molecule has 0 radical (unpaired) electrons. The van der Waals surface area contributed by atoms with Gasteiger partial charge in [0, 0.05) is 10.0 Å². The summed E-state index contributed by atoms with van der Waals surface area (Å²) in [7, 11) is 1.54. The molecule has 0 aliphatic rings. The van der Waals surface area contributed by atoms with Crippen molar-refractivity contribution in [1.82, 2.24) is 0 Å². The van der Waals surface area contributed by atoms with Gasteiger partial charge >= 0.3 is 0 Å². The molecular weight excluding hydrogens is 299 g/mol. The number of hydrogen-bond acceptors (Lipinski definition) is 3. The topological polar surface area (TPSA) is 38.7 Å². The molecule has 1 atom stereocenters. The summed E-state index contributed by atoms with van der Waals surface area (Å²) in [5.41, 5.74) is 0.575. The van der Waals surface area contributed by atoms with E-state index in [0.717, 1.165) is 0 Å². The molecule has 0 heterocycles. The molecule has 0 aliphatic carbocycles. The Morgan fingerprint density at radius 2 is 1.65 bits per heavy atom. The van der Waals surface area contributed by atoms with E-state index in [1.165, 1.54) is 0 Å². The van der Waals surface area contributed by atoms with Crippen LogP contribution in [0.2, 0.25) is 10.0 Å². The highest BCUT2D eigenvalue weighted by Crippen LogP contribution is 2.37. The smallest absolute Gasteiger partial charge is 0.136 e. The number of benzene rings is 2. The van der Waals surface area contributed by atoms with E-state index in [1.54, 1.807) is 50.4 Å². The average Bonchev–Trinajstić information content (AvgIpc) is 2.36. The van der Waals surface area contributed by atoms with E-state index >= 15 is 0 Å². The van der Waals surface area contributed by atoms with Gasteiger partial charge in [-0.25, -0.2) is 0 Å². The number of halogens is 2. The zero-order valence-electron chi connectivity index (χ0n) is 11.1. The first kappa shape index (κ1) is 15.0. The Balaban J connectivity index is 2.42. The summed E-state index contributed by atoms with van der Waals surface area (Å²) >= 11 is 11.9. The zero-order valence-corrected chi connectivity index (χ0v) is 12.6. The second kappa shape index (κ2) is 6.35. The molecule has 20 heavy (non-hydrogen) atoms. The van der Waals surface area contributed by atoms with E-state index < -0.39 is 6.10 Å². The van der Waals surface area contributed by atoms with Crippen LogP contribution in [-0.2, 0) is 0 Å². The fourth-order valence-corrected chi connectivity index (χ4v) is 2.42. The van der Waals surface area contributed by atoms with Gasteiger partial charge in [0.05, 0.1) is 18.8 Å². The van der Waals surface area contributed by atoms with Gasteiger partial charge in [-0.15, -0.1) is 0 Å². The molecule has 3 nitrogen and oxygen atoms in total. The molecule has 1 N–H and O–H groups in total. The van der Waals surface area contributed by atoms with E-state index in [1.807, 2.05) is 0 Å². The van der Waals surface area contributed by atoms with Crippen molar-refractivity contribution in [1.29, 1.82) is 0 Å². The summed E-state index contributed by atoms with van der Waals surface area (Å²) in [6, 6.07) is 10.2. The monoisotopic (exact) mass is 312 g/mol. The maximum atomic E-state index is 9.89. The van der Waals surface area contributed by atoms with E-state index in [4.69, 9.17) is 32.7 Å². The van der Waals surface area contributed by atoms with Gasteiger partial charge in [0.2, 0.25) is 0 Å². The van der Waals surface area contributed by atoms with Crippen LogP contribution in [0.25, 0.3) is 0 Å². The molecule has 5 heteroatoms.